The van der Waals surface area contributed by atoms with Gasteiger partial charge in [-0.15, -0.1) is 0 Å². The number of rotatable bonds is 4. The molecule has 21 heavy (non-hydrogen) atoms. The molecule has 0 aromatic heterocycles. The third-order valence-corrected chi connectivity index (χ3v) is 4.88. The number of likely N-dealkylation sites (tertiary alicyclic amines) is 1. The summed E-state index contributed by atoms with van der Waals surface area (Å²) >= 11 is 0. The Morgan fingerprint density at radius 1 is 1.05 bits per heavy atom. The van der Waals surface area contributed by atoms with Gasteiger partial charge in [0, 0.05) is 25.2 Å². The van der Waals surface area contributed by atoms with Crippen molar-refractivity contribution in [2.45, 2.75) is 63.6 Å². The molecule has 0 bridgehead atoms. The van der Waals surface area contributed by atoms with E-state index in [9.17, 15) is 4.39 Å². The maximum Gasteiger partial charge on any atom is 0.123 e. The van der Waals surface area contributed by atoms with Gasteiger partial charge in [0.15, 0.2) is 0 Å². The van der Waals surface area contributed by atoms with Crippen LogP contribution in [0.2, 0.25) is 0 Å². The van der Waals surface area contributed by atoms with Crippen LogP contribution in [-0.2, 0) is 6.54 Å². The standard InChI is InChI=1S/C18H27FN2/c19-16-7-4-6-15(12-16)13-21-11-5-10-18(14-21)20-17-8-2-1-3-9-17/h4,6-7,12,17-18,20H,1-3,5,8-11,13-14H2. The first-order chi connectivity index (χ1) is 10.3. The van der Waals surface area contributed by atoms with Gasteiger partial charge in [-0.1, -0.05) is 31.4 Å². The number of piperidine rings is 1. The van der Waals surface area contributed by atoms with E-state index in [-0.39, 0.29) is 5.82 Å². The van der Waals surface area contributed by atoms with Gasteiger partial charge in [0.25, 0.3) is 0 Å². The predicted molar refractivity (Wildman–Crippen MR) is 84.7 cm³/mol. The molecule has 1 unspecified atom stereocenters. The summed E-state index contributed by atoms with van der Waals surface area (Å²) in [6.45, 7) is 3.12. The molecular weight excluding hydrogens is 263 g/mol. The Labute approximate surface area is 127 Å². The summed E-state index contributed by atoms with van der Waals surface area (Å²) in [7, 11) is 0. The van der Waals surface area contributed by atoms with Crippen LogP contribution in [0, 0.1) is 5.82 Å². The topological polar surface area (TPSA) is 15.3 Å². The Morgan fingerprint density at radius 3 is 2.67 bits per heavy atom. The fourth-order valence-corrected chi connectivity index (χ4v) is 3.83. The lowest BCUT2D eigenvalue weighted by Gasteiger charge is -2.36. The van der Waals surface area contributed by atoms with E-state index >= 15 is 0 Å². The van der Waals surface area contributed by atoms with Crippen LogP contribution in [0.25, 0.3) is 0 Å². The molecule has 2 nitrogen and oxygen atoms in total. The molecule has 1 aromatic rings. The molecule has 0 spiro atoms. The van der Waals surface area contributed by atoms with Gasteiger partial charge in [-0.3, -0.25) is 4.90 Å². The predicted octanol–water partition coefficient (Wildman–Crippen LogP) is 3.71. The van der Waals surface area contributed by atoms with Crippen molar-refractivity contribution in [2.24, 2.45) is 0 Å². The second kappa shape index (κ2) is 7.37. The van der Waals surface area contributed by atoms with E-state index in [4.69, 9.17) is 0 Å². The summed E-state index contributed by atoms with van der Waals surface area (Å²) in [5.74, 6) is -0.124. The summed E-state index contributed by atoms with van der Waals surface area (Å²) in [6, 6.07) is 8.38. The van der Waals surface area contributed by atoms with Crippen LogP contribution in [0.4, 0.5) is 4.39 Å². The highest BCUT2D eigenvalue weighted by atomic mass is 19.1. The molecule has 1 aliphatic heterocycles. The SMILES string of the molecule is Fc1cccc(CN2CCCC(NC3CCCCC3)C2)c1. The summed E-state index contributed by atoms with van der Waals surface area (Å²) in [6.07, 6.45) is 9.42. The lowest BCUT2D eigenvalue weighted by molar-refractivity contribution is 0.169. The monoisotopic (exact) mass is 290 g/mol. The number of benzene rings is 1. The molecular formula is C18H27FN2. The van der Waals surface area contributed by atoms with Crippen molar-refractivity contribution in [2.75, 3.05) is 13.1 Å². The zero-order valence-electron chi connectivity index (χ0n) is 12.9. The van der Waals surface area contributed by atoms with Crippen molar-refractivity contribution < 1.29 is 4.39 Å². The minimum absolute atomic E-state index is 0.124. The highest BCUT2D eigenvalue weighted by Crippen LogP contribution is 2.20. The van der Waals surface area contributed by atoms with Gasteiger partial charge < -0.3 is 5.32 Å². The van der Waals surface area contributed by atoms with Crippen molar-refractivity contribution in [3.8, 4) is 0 Å². The van der Waals surface area contributed by atoms with Crippen molar-refractivity contribution in [3.63, 3.8) is 0 Å². The molecule has 1 saturated heterocycles. The van der Waals surface area contributed by atoms with E-state index in [1.165, 1.54) is 51.0 Å². The molecule has 2 fully saturated rings. The molecule has 0 amide bonds. The van der Waals surface area contributed by atoms with E-state index in [0.717, 1.165) is 31.2 Å². The average molecular weight is 290 g/mol. The van der Waals surface area contributed by atoms with Crippen LogP contribution in [-0.4, -0.2) is 30.1 Å². The maximum absolute atomic E-state index is 13.3. The Morgan fingerprint density at radius 2 is 1.86 bits per heavy atom. The Hall–Kier alpha value is -0.930. The zero-order chi connectivity index (χ0) is 14.5. The van der Waals surface area contributed by atoms with Crippen LogP contribution in [0.1, 0.15) is 50.5 Å². The van der Waals surface area contributed by atoms with Crippen molar-refractivity contribution in [1.82, 2.24) is 10.2 Å². The second-order valence-corrected chi connectivity index (χ2v) is 6.71. The van der Waals surface area contributed by atoms with Crippen LogP contribution >= 0.6 is 0 Å². The summed E-state index contributed by atoms with van der Waals surface area (Å²) in [5.41, 5.74) is 1.09. The second-order valence-electron chi connectivity index (χ2n) is 6.71. The molecule has 1 aromatic carbocycles. The van der Waals surface area contributed by atoms with Gasteiger partial charge >= 0.3 is 0 Å². The summed E-state index contributed by atoms with van der Waals surface area (Å²) in [5, 5.41) is 3.87. The number of hydrogen-bond donors (Lipinski definition) is 1. The largest absolute Gasteiger partial charge is 0.310 e. The normalized spacial score (nSPS) is 25.1. The first kappa shape index (κ1) is 15.0. The van der Waals surface area contributed by atoms with Gasteiger partial charge in [0.2, 0.25) is 0 Å². The van der Waals surface area contributed by atoms with Crippen LogP contribution in [0.15, 0.2) is 24.3 Å². The van der Waals surface area contributed by atoms with E-state index in [2.05, 4.69) is 10.2 Å². The van der Waals surface area contributed by atoms with Crippen LogP contribution in [0.3, 0.4) is 0 Å². The van der Waals surface area contributed by atoms with E-state index in [0.29, 0.717) is 6.04 Å². The minimum atomic E-state index is -0.124. The Kier molecular flexibility index (Phi) is 5.26. The summed E-state index contributed by atoms with van der Waals surface area (Å²) in [4.78, 5) is 2.47. The molecule has 0 radical (unpaired) electrons. The molecule has 3 heteroatoms. The fraction of sp³-hybridized carbons (Fsp3) is 0.667. The van der Waals surface area contributed by atoms with Gasteiger partial charge in [-0.05, 0) is 49.9 Å². The third-order valence-electron chi connectivity index (χ3n) is 4.88. The van der Waals surface area contributed by atoms with Gasteiger partial charge in [-0.2, -0.15) is 0 Å². The fourth-order valence-electron chi connectivity index (χ4n) is 3.83. The van der Waals surface area contributed by atoms with Crippen molar-refractivity contribution in [3.05, 3.63) is 35.6 Å². The average Bonchev–Trinajstić information content (AvgIpc) is 2.49. The molecule has 116 valence electrons. The first-order valence-corrected chi connectivity index (χ1v) is 8.52. The lowest BCUT2D eigenvalue weighted by Crippen LogP contribution is -2.49. The quantitative estimate of drug-likeness (QED) is 0.909. The molecule has 1 N–H and O–H groups in total. The number of hydrogen-bond acceptors (Lipinski definition) is 2. The minimum Gasteiger partial charge on any atom is -0.310 e. The number of halogens is 1. The van der Waals surface area contributed by atoms with Gasteiger partial charge in [0.05, 0.1) is 0 Å². The molecule has 3 rings (SSSR count). The number of nitrogens with zero attached hydrogens (tertiary/aromatic N) is 1. The van der Waals surface area contributed by atoms with Gasteiger partial charge in [0.1, 0.15) is 5.82 Å². The van der Waals surface area contributed by atoms with E-state index < -0.39 is 0 Å². The van der Waals surface area contributed by atoms with Crippen molar-refractivity contribution in [1.29, 1.82) is 0 Å². The Balaban J connectivity index is 1.50. The maximum atomic E-state index is 13.3. The summed E-state index contributed by atoms with van der Waals surface area (Å²) < 4.78 is 13.3. The third kappa shape index (κ3) is 4.52. The molecule has 2 aliphatic rings. The van der Waals surface area contributed by atoms with Crippen molar-refractivity contribution >= 4 is 0 Å². The van der Waals surface area contributed by atoms with E-state index in [1.807, 2.05) is 12.1 Å². The number of nitrogens with one attached hydrogen (secondary N) is 1. The van der Waals surface area contributed by atoms with Gasteiger partial charge in [-0.25, -0.2) is 4.39 Å². The Bertz CT molecular complexity index is 443. The highest BCUT2D eigenvalue weighted by Gasteiger charge is 2.23. The van der Waals surface area contributed by atoms with Crippen LogP contribution < -0.4 is 5.32 Å². The molecule has 1 heterocycles. The molecule has 1 aliphatic carbocycles. The highest BCUT2D eigenvalue weighted by molar-refractivity contribution is 5.16. The smallest absolute Gasteiger partial charge is 0.123 e. The molecule has 1 saturated carbocycles. The molecule has 1 atom stereocenters. The van der Waals surface area contributed by atoms with E-state index in [1.54, 1.807) is 6.07 Å². The zero-order valence-corrected chi connectivity index (χ0v) is 12.9. The first-order valence-electron chi connectivity index (χ1n) is 8.52. The van der Waals surface area contributed by atoms with Crippen LogP contribution in [0.5, 0.6) is 0 Å². The lowest BCUT2D eigenvalue weighted by atomic mass is 9.93.